The van der Waals surface area contributed by atoms with E-state index in [1.165, 1.54) is 0 Å². The summed E-state index contributed by atoms with van der Waals surface area (Å²) in [7, 11) is 0. The van der Waals surface area contributed by atoms with Crippen LogP contribution < -0.4 is 5.32 Å². The molecular weight excluding hydrogens is 372 g/mol. The van der Waals surface area contributed by atoms with Gasteiger partial charge >= 0.3 is 11.9 Å². The molecule has 7 nitrogen and oxygen atoms in total. The summed E-state index contributed by atoms with van der Waals surface area (Å²) in [5.74, 6) is -2.58. The zero-order valence-corrected chi connectivity index (χ0v) is 14.8. The van der Waals surface area contributed by atoms with Crippen molar-refractivity contribution < 1.29 is 24.2 Å². The Labute approximate surface area is 159 Å². The number of esters is 1. The van der Waals surface area contributed by atoms with Crippen LogP contribution in [0.25, 0.3) is 0 Å². The monoisotopic (exact) mass is 386 g/mol. The van der Waals surface area contributed by atoms with Gasteiger partial charge in [-0.05, 0) is 18.2 Å². The first-order valence-corrected chi connectivity index (χ1v) is 8.47. The highest BCUT2D eigenvalue weighted by atomic mass is 35.5. The van der Waals surface area contributed by atoms with Crippen LogP contribution in [0.2, 0.25) is 5.02 Å². The van der Waals surface area contributed by atoms with Crippen LogP contribution in [0.4, 0.5) is 5.69 Å². The van der Waals surface area contributed by atoms with Crippen molar-refractivity contribution in [1.82, 2.24) is 0 Å². The third-order valence-corrected chi connectivity index (χ3v) is 4.03. The number of rotatable bonds is 5. The summed E-state index contributed by atoms with van der Waals surface area (Å²) in [6.45, 7) is 0. The van der Waals surface area contributed by atoms with Crippen LogP contribution >= 0.6 is 11.6 Å². The van der Waals surface area contributed by atoms with Crippen molar-refractivity contribution in [3.05, 3.63) is 64.7 Å². The third-order valence-electron chi connectivity index (χ3n) is 3.80. The number of benzodiazepines with no additional fused rings is 1. The molecule has 3 rings (SSSR count). The fraction of sp³-hybridized carbons (Fsp3) is 0.158. The number of carboxylic acid groups (broad SMARTS) is 1. The lowest BCUT2D eigenvalue weighted by molar-refractivity contribution is -0.155. The van der Waals surface area contributed by atoms with Crippen molar-refractivity contribution in [2.24, 2.45) is 4.99 Å². The number of ether oxygens (including phenoxy) is 1. The topological polar surface area (TPSA) is 105 Å². The molecular formula is C19H15ClN2O5. The number of hydrogen-bond donors (Lipinski definition) is 2. The Morgan fingerprint density at radius 2 is 1.89 bits per heavy atom. The van der Waals surface area contributed by atoms with Gasteiger partial charge in [0, 0.05) is 16.1 Å². The van der Waals surface area contributed by atoms with Crippen LogP contribution in [-0.2, 0) is 19.1 Å². The molecule has 0 aliphatic carbocycles. The molecule has 0 saturated heterocycles. The predicted molar refractivity (Wildman–Crippen MR) is 98.9 cm³/mol. The van der Waals surface area contributed by atoms with Gasteiger partial charge in [-0.25, -0.2) is 4.99 Å². The summed E-state index contributed by atoms with van der Waals surface area (Å²) in [4.78, 5) is 39.3. The number of aliphatic carboxylic acids is 1. The molecule has 0 saturated carbocycles. The summed E-state index contributed by atoms with van der Waals surface area (Å²) in [5, 5.41) is 11.8. The smallest absolute Gasteiger partial charge is 0.308 e. The molecule has 0 fully saturated rings. The molecule has 1 aliphatic rings. The fourth-order valence-electron chi connectivity index (χ4n) is 2.56. The molecule has 2 aromatic rings. The van der Waals surface area contributed by atoms with Crippen molar-refractivity contribution in [3.63, 3.8) is 0 Å². The molecule has 1 amide bonds. The van der Waals surface area contributed by atoms with Crippen molar-refractivity contribution >= 4 is 40.8 Å². The number of carbonyl (C=O) groups is 3. The fourth-order valence-corrected chi connectivity index (χ4v) is 2.73. The first-order valence-electron chi connectivity index (χ1n) is 8.09. The van der Waals surface area contributed by atoms with Crippen molar-refractivity contribution in [1.29, 1.82) is 0 Å². The molecule has 0 aromatic heterocycles. The second-order valence-electron chi connectivity index (χ2n) is 5.76. The average Bonchev–Trinajstić information content (AvgIpc) is 2.78. The van der Waals surface area contributed by atoms with Gasteiger partial charge in [0.2, 0.25) is 0 Å². The normalized spacial score (nSPS) is 15.8. The number of anilines is 1. The van der Waals surface area contributed by atoms with Gasteiger partial charge in [0.1, 0.15) is 0 Å². The molecule has 0 unspecified atom stereocenters. The highest BCUT2D eigenvalue weighted by Crippen LogP contribution is 2.27. The van der Waals surface area contributed by atoms with Gasteiger partial charge in [-0.15, -0.1) is 0 Å². The van der Waals surface area contributed by atoms with Gasteiger partial charge in [-0.1, -0.05) is 41.9 Å². The van der Waals surface area contributed by atoms with Gasteiger partial charge in [0.15, 0.2) is 0 Å². The Morgan fingerprint density at radius 1 is 1.15 bits per heavy atom. The lowest BCUT2D eigenvalue weighted by atomic mass is 10.0. The molecule has 2 aromatic carbocycles. The maximum atomic E-state index is 12.5. The molecule has 2 N–H and O–H groups in total. The minimum atomic E-state index is -1.44. The SMILES string of the molecule is O=C(O)CCC(=O)O[C@@H]1N=C(c2ccccc2)c2cc(Cl)ccc2NC1=O. The van der Waals surface area contributed by atoms with Crippen LogP contribution in [0.3, 0.4) is 0 Å². The van der Waals surface area contributed by atoms with Gasteiger partial charge < -0.3 is 15.2 Å². The quantitative estimate of drug-likeness (QED) is 0.769. The molecule has 1 heterocycles. The molecule has 8 heteroatoms. The van der Waals surface area contributed by atoms with Crippen LogP contribution in [-0.4, -0.2) is 34.9 Å². The second-order valence-corrected chi connectivity index (χ2v) is 6.20. The van der Waals surface area contributed by atoms with Gasteiger partial charge in [-0.3, -0.25) is 14.4 Å². The average molecular weight is 387 g/mol. The van der Waals surface area contributed by atoms with Crippen molar-refractivity contribution in [2.75, 3.05) is 5.32 Å². The molecule has 1 aliphatic heterocycles. The molecule has 0 spiro atoms. The number of hydrogen-bond acceptors (Lipinski definition) is 5. The number of aliphatic imine (C=N–C) groups is 1. The first kappa shape index (κ1) is 18.6. The van der Waals surface area contributed by atoms with E-state index in [4.69, 9.17) is 21.4 Å². The number of nitrogens with one attached hydrogen (secondary N) is 1. The summed E-state index contributed by atoms with van der Waals surface area (Å²) in [6.07, 6.45) is -2.18. The number of benzene rings is 2. The van der Waals surface area contributed by atoms with Crippen LogP contribution in [0.15, 0.2) is 53.5 Å². The Balaban J connectivity index is 1.99. The summed E-state index contributed by atoms with van der Waals surface area (Å²) < 4.78 is 5.11. The molecule has 1 atom stereocenters. The highest BCUT2D eigenvalue weighted by molar-refractivity contribution is 6.32. The van der Waals surface area contributed by atoms with E-state index in [9.17, 15) is 14.4 Å². The zero-order valence-electron chi connectivity index (χ0n) is 14.0. The van der Waals surface area contributed by atoms with Gasteiger partial charge in [0.05, 0.1) is 24.2 Å². The van der Waals surface area contributed by atoms with E-state index in [-0.39, 0.29) is 6.42 Å². The maximum absolute atomic E-state index is 12.5. The lowest BCUT2D eigenvalue weighted by Crippen LogP contribution is -2.30. The highest BCUT2D eigenvalue weighted by Gasteiger charge is 2.29. The van der Waals surface area contributed by atoms with E-state index in [0.717, 1.165) is 0 Å². The number of carboxylic acids is 1. The standard InChI is InChI=1S/C19H15ClN2O5/c20-12-6-7-14-13(10-12)17(11-4-2-1-3-5-11)22-19(18(26)21-14)27-16(25)9-8-15(23)24/h1-7,10,19H,8-9H2,(H,21,26)(H,23,24)/t19-/m0/s1. The zero-order chi connectivity index (χ0) is 19.4. The lowest BCUT2D eigenvalue weighted by Gasteiger charge is -2.12. The Hall–Kier alpha value is -3.19. The van der Waals surface area contributed by atoms with E-state index in [1.807, 2.05) is 30.3 Å². The number of carbonyl (C=O) groups excluding carboxylic acids is 2. The third kappa shape index (κ3) is 4.51. The van der Waals surface area contributed by atoms with E-state index in [1.54, 1.807) is 18.2 Å². The van der Waals surface area contributed by atoms with Crippen LogP contribution in [0, 0.1) is 0 Å². The van der Waals surface area contributed by atoms with Crippen LogP contribution in [0.1, 0.15) is 24.0 Å². The van der Waals surface area contributed by atoms with E-state index < -0.39 is 30.5 Å². The molecule has 138 valence electrons. The minimum absolute atomic E-state index is 0.353. The Morgan fingerprint density at radius 3 is 2.59 bits per heavy atom. The largest absolute Gasteiger partial charge is 0.481 e. The molecule has 0 bridgehead atoms. The minimum Gasteiger partial charge on any atom is -0.481 e. The Kier molecular flexibility index (Phi) is 5.52. The molecule has 27 heavy (non-hydrogen) atoms. The summed E-state index contributed by atoms with van der Waals surface area (Å²) in [6, 6.07) is 14.0. The van der Waals surface area contributed by atoms with E-state index >= 15 is 0 Å². The summed E-state index contributed by atoms with van der Waals surface area (Å²) in [5.41, 5.74) is 2.22. The predicted octanol–water partition coefficient (Wildman–Crippen LogP) is 2.86. The van der Waals surface area contributed by atoms with Gasteiger partial charge in [0.25, 0.3) is 12.1 Å². The maximum Gasteiger partial charge on any atom is 0.308 e. The van der Waals surface area contributed by atoms with Crippen molar-refractivity contribution in [2.45, 2.75) is 19.1 Å². The van der Waals surface area contributed by atoms with E-state index in [0.29, 0.717) is 27.5 Å². The second kappa shape index (κ2) is 8.01. The number of fused-ring (bicyclic) bond motifs is 1. The Bertz CT molecular complexity index is 927. The van der Waals surface area contributed by atoms with E-state index in [2.05, 4.69) is 10.3 Å². The number of halogens is 1. The van der Waals surface area contributed by atoms with Crippen LogP contribution in [0.5, 0.6) is 0 Å². The number of nitrogens with zero attached hydrogens (tertiary/aromatic N) is 1. The van der Waals surface area contributed by atoms with Crippen molar-refractivity contribution in [3.8, 4) is 0 Å². The van der Waals surface area contributed by atoms with Gasteiger partial charge in [-0.2, -0.15) is 0 Å². The molecule has 0 radical (unpaired) electrons. The number of amides is 1. The summed E-state index contributed by atoms with van der Waals surface area (Å²) >= 11 is 6.10. The first-order chi connectivity index (χ1) is 12.9.